The third kappa shape index (κ3) is 9.20. The number of benzene rings is 3. The first-order chi connectivity index (χ1) is 20.3. The first-order valence-electron chi connectivity index (χ1n) is 12.8. The quantitative estimate of drug-likeness (QED) is 0.0720. The molecule has 7 N–H and O–H groups in total. The molecule has 9 nitrogen and oxygen atoms in total. The van der Waals surface area contributed by atoms with Gasteiger partial charge in [-0.1, -0.05) is 30.3 Å². The molecule has 1 heterocycles. The summed E-state index contributed by atoms with van der Waals surface area (Å²) in [5.41, 5.74) is 11.0. The van der Waals surface area contributed by atoms with Crippen LogP contribution in [-0.4, -0.2) is 28.7 Å². The molecule has 4 aromatic rings. The van der Waals surface area contributed by atoms with E-state index in [0.717, 1.165) is 28.6 Å². The van der Waals surface area contributed by atoms with Crippen LogP contribution in [0, 0.1) is 27.9 Å². The van der Waals surface area contributed by atoms with Crippen molar-refractivity contribution in [2.24, 2.45) is 16.9 Å². The molecular weight excluding hydrogens is 578 g/mol. The van der Waals surface area contributed by atoms with Gasteiger partial charge < -0.3 is 26.0 Å². The Balaban J connectivity index is 0.000000386. The number of halogens is 2. The first kappa shape index (κ1) is 32.4. The summed E-state index contributed by atoms with van der Waals surface area (Å²) in [4.78, 5) is 26.1. The van der Waals surface area contributed by atoms with Gasteiger partial charge in [-0.3, -0.25) is 15.6 Å². The smallest absolute Gasteiger partial charge is 0.353 e. The molecule has 0 amide bonds. The maximum Gasteiger partial charge on any atom is 0.353 e. The third-order valence-corrected chi connectivity index (χ3v) is 7.01. The molecule has 3 aromatic carbocycles. The molecule has 0 spiro atoms. The summed E-state index contributed by atoms with van der Waals surface area (Å²) >= 11 is 1.17. The molecule has 43 heavy (non-hydrogen) atoms. The highest BCUT2D eigenvalue weighted by Crippen LogP contribution is 2.29. The van der Waals surface area contributed by atoms with Crippen LogP contribution in [0.3, 0.4) is 0 Å². The van der Waals surface area contributed by atoms with E-state index in [0.29, 0.717) is 6.42 Å². The molecule has 0 aliphatic heterocycles. The highest BCUT2D eigenvalue weighted by molar-refractivity contribution is 7.14. The Hall–Kier alpha value is -5.10. The van der Waals surface area contributed by atoms with Crippen molar-refractivity contribution in [1.82, 2.24) is 0 Å². The fourth-order valence-electron chi connectivity index (χ4n) is 3.58. The zero-order valence-corrected chi connectivity index (χ0v) is 24.1. The van der Waals surface area contributed by atoms with Crippen molar-refractivity contribution in [3.63, 3.8) is 0 Å². The summed E-state index contributed by atoms with van der Waals surface area (Å²) in [5.74, 6) is -3.79. The van der Waals surface area contributed by atoms with Gasteiger partial charge in [-0.25, -0.2) is 13.6 Å². The van der Waals surface area contributed by atoms with Crippen LogP contribution in [0.15, 0.2) is 78.9 Å². The summed E-state index contributed by atoms with van der Waals surface area (Å²) < 4.78 is 37.2. The molecule has 1 aromatic heterocycles. The lowest BCUT2D eigenvalue weighted by molar-refractivity contribution is -0.155. The van der Waals surface area contributed by atoms with Crippen LogP contribution in [-0.2, 0) is 22.6 Å². The Bertz CT molecular complexity index is 1640. The first-order valence-corrected chi connectivity index (χ1v) is 13.6. The maximum atomic E-state index is 14.1. The molecular formula is C31H30F2N4O5S. The predicted octanol–water partition coefficient (Wildman–Crippen LogP) is 5.52. The number of aromatic hydroxyl groups is 1. The van der Waals surface area contributed by atoms with E-state index in [-0.39, 0.29) is 46.0 Å². The average molecular weight is 609 g/mol. The molecule has 0 aliphatic rings. The Morgan fingerprint density at radius 3 is 2.07 bits per heavy atom. The Morgan fingerprint density at radius 1 is 0.884 bits per heavy atom. The van der Waals surface area contributed by atoms with E-state index in [1.807, 2.05) is 30.3 Å². The SMILES string of the molecule is CC(C)(Cc1ccc(C(=O)Oc2ccc(C(=N)N)cc2F)s1)C(=O)OCc1ccccc1.N=C(N)c1ccc(O)c(F)c1. The van der Waals surface area contributed by atoms with E-state index in [9.17, 15) is 18.4 Å². The van der Waals surface area contributed by atoms with Gasteiger partial charge in [0, 0.05) is 16.0 Å². The Morgan fingerprint density at radius 2 is 1.49 bits per heavy atom. The number of rotatable bonds is 9. The van der Waals surface area contributed by atoms with Crippen molar-refractivity contribution < 1.29 is 33.0 Å². The van der Waals surface area contributed by atoms with Crippen molar-refractivity contribution >= 4 is 34.9 Å². The predicted molar refractivity (Wildman–Crippen MR) is 159 cm³/mol. The Labute approximate surface area is 250 Å². The number of nitrogens with one attached hydrogen (secondary N) is 2. The van der Waals surface area contributed by atoms with Crippen molar-refractivity contribution in [2.45, 2.75) is 26.9 Å². The minimum atomic E-state index is -0.796. The van der Waals surface area contributed by atoms with Gasteiger partial charge in [0.25, 0.3) is 0 Å². The molecule has 0 bridgehead atoms. The number of esters is 2. The van der Waals surface area contributed by atoms with Gasteiger partial charge in [0.15, 0.2) is 23.1 Å². The zero-order chi connectivity index (χ0) is 31.7. The minimum absolute atomic E-state index is 0.194. The normalized spacial score (nSPS) is 10.7. The lowest BCUT2D eigenvalue weighted by Gasteiger charge is -2.21. The van der Waals surface area contributed by atoms with Gasteiger partial charge in [-0.2, -0.15) is 0 Å². The molecule has 4 rings (SSSR count). The largest absolute Gasteiger partial charge is 0.505 e. The van der Waals surface area contributed by atoms with E-state index >= 15 is 0 Å². The Kier molecular flexibility index (Phi) is 10.7. The monoisotopic (exact) mass is 608 g/mol. The number of carbonyl (C=O) groups excluding carboxylic acids is 2. The van der Waals surface area contributed by atoms with Crippen LogP contribution in [0.4, 0.5) is 8.78 Å². The zero-order valence-electron chi connectivity index (χ0n) is 23.3. The summed E-state index contributed by atoms with van der Waals surface area (Å²) in [6, 6.07) is 20.0. The second-order valence-corrected chi connectivity index (χ2v) is 11.1. The van der Waals surface area contributed by atoms with E-state index in [1.165, 1.54) is 29.5 Å². The number of phenolic OH excluding ortho intramolecular Hbond substituents is 1. The van der Waals surface area contributed by atoms with Gasteiger partial charge in [0.05, 0.1) is 5.41 Å². The van der Waals surface area contributed by atoms with Crippen molar-refractivity contribution in [1.29, 1.82) is 10.8 Å². The number of hydrogen-bond acceptors (Lipinski definition) is 8. The molecule has 0 unspecified atom stereocenters. The fraction of sp³-hybridized carbons (Fsp3) is 0.161. The van der Waals surface area contributed by atoms with Gasteiger partial charge in [-0.15, -0.1) is 11.3 Å². The second kappa shape index (κ2) is 14.2. The van der Waals surface area contributed by atoms with E-state index in [4.69, 9.17) is 36.9 Å². The van der Waals surface area contributed by atoms with Gasteiger partial charge in [0.1, 0.15) is 23.2 Å². The summed E-state index contributed by atoms with van der Waals surface area (Å²) in [7, 11) is 0. The second-order valence-electron chi connectivity index (χ2n) is 9.92. The van der Waals surface area contributed by atoms with E-state index < -0.39 is 28.8 Å². The number of amidine groups is 2. The van der Waals surface area contributed by atoms with Crippen LogP contribution in [0.5, 0.6) is 11.5 Å². The summed E-state index contributed by atoms with van der Waals surface area (Å²) in [6.45, 7) is 3.76. The molecule has 0 saturated carbocycles. The van der Waals surface area contributed by atoms with E-state index in [1.54, 1.807) is 26.0 Å². The van der Waals surface area contributed by atoms with Gasteiger partial charge >= 0.3 is 11.9 Å². The summed E-state index contributed by atoms with van der Waals surface area (Å²) in [5, 5.41) is 23.0. The highest BCUT2D eigenvalue weighted by Gasteiger charge is 2.31. The highest BCUT2D eigenvalue weighted by atomic mass is 32.1. The molecule has 0 atom stereocenters. The lowest BCUT2D eigenvalue weighted by atomic mass is 9.89. The van der Waals surface area contributed by atoms with Crippen molar-refractivity contribution in [3.05, 3.63) is 117 Å². The number of phenols is 1. The molecule has 0 fully saturated rings. The fourth-order valence-corrected chi connectivity index (χ4v) is 4.70. The number of nitrogen functional groups attached to an aromatic ring is 2. The van der Waals surface area contributed by atoms with Crippen LogP contribution in [0.2, 0.25) is 0 Å². The maximum absolute atomic E-state index is 14.1. The number of thiophene rings is 1. The van der Waals surface area contributed by atoms with Gasteiger partial charge in [-0.05, 0) is 74.4 Å². The van der Waals surface area contributed by atoms with Crippen LogP contribution in [0.25, 0.3) is 0 Å². The number of hydrogen-bond donors (Lipinski definition) is 5. The standard InChI is InChI=1S/C24H23FN2O4S.C7H7FN2O/c1-24(2,23(29)30-14-15-6-4-3-5-7-15)13-17-9-11-20(32-17)22(28)31-19-10-8-16(21(26)27)12-18(19)25;8-5-3-4(7(9)10)1-2-6(5)11/h3-12H,13-14H2,1-2H3,(H3,26,27);1-3,11H,(H3,9,10). The molecule has 0 aliphatic carbocycles. The van der Waals surface area contributed by atoms with Crippen molar-refractivity contribution in [3.8, 4) is 11.5 Å². The van der Waals surface area contributed by atoms with Crippen LogP contribution < -0.4 is 16.2 Å². The lowest BCUT2D eigenvalue weighted by Crippen LogP contribution is -2.28. The molecule has 0 radical (unpaired) electrons. The average Bonchev–Trinajstić information content (AvgIpc) is 3.43. The molecule has 224 valence electrons. The third-order valence-electron chi connectivity index (χ3n) is 5.95. The van der Waals surface area contributed by atoms with Crippen molar-refractivity contribution in [2.75, 3.05) is 0 Å². The molecule has 0 saturated heterocycles. The number of nitrogens with two attached hydrogens (primary N) is 2. The summed E-state index contributed by atoms with van der Waals surface area (Å²) in [6.07, 6.45) is 0.375. The van der Waals surface area contributed by atoms with Gasteiger partial charge in [0.2, 0.25) is 0 Å². The minimum Gasteiger partial charge on any atom is -0.505 e. The topological polar surface area (TPSA) is 173 Å². The van der Waals surface area contributed by atoms with Crippen LogP contribution >= 0.6 is 11.3 Å². The number of ether oxygens (including phenoxy) is 2. The number of carbonyl (C=O) groups is 2. The molecule has 12 heteroatoms. The van der Waals surface area contributed by atoms with Crippen LogP contribution in [0.1, 0.15) is 45.1 Å². The van der Waals surface area contributed by atoms with E-state index in [2.05, 4.69) is 0 Å².